The van der Waals surface area contributed by atoms with Gasteiger partial charge < -0.3 is 5.11 Å². The zero-order valence-electron chi connectivity index (χ0n) is 7.28. The number of hydrogen-bond acceptors (Lipinski definition) is 2. The number of rotatable bonds is 1. The van der Waals surface area contributed by atoms with Crippen molar-refractivity contribution in [2.75, 3.05) is 6.54 Å². The van der Waals surface area contributed by atoms with E-state index in [1.807, 2.05) is 13.8 Å². The van der Waals surface area contributed by atoms with Gasteiger partial charge in [-0.1, -0.05) is 13.8 Å². The molecule has 0 aromatic carbocycles. The maximum atomic E-state index is 11.2. The van der Waals surface area contributed by atoms with Crippen molar-refractivity contribution < 1.29 is 14.7 Å². The quantitative estimate of drug-likeness (QED) is 0.639. The van der Waals surface area contributed by atoms with Crippen LogP contribution in [0.1, 0.15) is 20.3 Å². The lowest BCUT2D eigenvalue weighted by Gasteiger charge is -2.22. The third-order valence-electron chi connectivity index (χ3n) is 2.14. The normalized spacial score (nSPS) is 23.8. The number of likely N-dealkylation sites (tertiary alicyclic amines) is 1. The Morgan fingerprint density at radius 2 is 2.25 bits per heavy atom. The zero-order valence-corrected chi connectivity index (χ0v) is 7.28. The monoisotopic (exact) mass is 171 g/mol. The molecule has 12 heavy (non-hydrogen) atoms. The van der Waals surface area contributed by atoms with Crippen molar-refractivity contribution >= 4 is 11.9 Å². The summed E-state index contributed by atoms with van der Waals surface area (Å²) in [7, 11) is 0. The molecule has 1 amide bonds. The summed E-state index contributed by atoms with van der Waals surface area (Å²) < 4.78 is 0. The molecule has 1 saturated heterocycles. The molecule has 1 aliphatic heterocycles. The summed E-state index contributed by atoms with van der Waals surface area (Å²) >= 11 is 0. The minimum atomic E-state index is -0.987. The molecule has 0 aliphatic carbocycles. The van der Waals surface area contributed by atoms with Crippen molar-refractivity contribution in [2.45, 2.75) is 26.3 Å². The topological polar surface area (TPSA) is 57.6 Å². The number of hydrogen-bond donors (Lipinski definition) is 1. The van der Waals surface area contributed by atoms with Crippen LogP contribution in [0.4, 0.5) is 4.79 Å². The van der Waals surface area contributed by atoms with Gasteiger partial charge in [0, 0.05) is 13.0 Å². The molecular weight excluding hydrogens is 158 g/mol. The Labute approximate surface area is 71.2 Å². The standard InChI is InChI=1S/C8H13NO3/c1-5(2)7-6(10)3-4-9(7)8(11)12/h5,7H,3-4H2,1-2H3,(H,11,12)/t7-/m0/s1. The van der Waals surface area contributed by atoms with Gasteiger partial charge >= 0.3 is 6.09 Å². The third kappa shape index (κ3) is 1.42. The SMILES string of the molecule is CC(C)[C@H]1C(=O)CCN1C(=O)O. The maximum absolute atomic E-state index is 11.2. The van der Waals surface area contributed by atoms with Gasteiger partial charge in [0.25, 0.3) is 0 Å². The van der Waals surface area contributed by atoms with Crippen LogP contribution in [0.5, 0.6) is 0 Å². The van der Waals surface area contributed by atoms with Crippen LogP contribution in [0.15, 0.2) is 0 Å². The van der Waals surface area contributed by atoms with E-state index in [0.717, 1.165) is 0 Å². The minimum absolute atomic E-state index is 0.0485. The van der Waals surface area contributed by atoms with Gasteiger partial charge in [-0.2, -0.15) is 0 Å². The average molecular weight is 171 g/mol. The minimum Gasteiger partial charge on any atom is -0.465 e. The molecule has 68 valence electrons. The van der Waals surface area contributed by atoms with E-state index in [2.05, 4.69) is 0 Å². The summed E-state index contributed by atoms with van der Waals surface area (Å²) in [5.41, 5.74) is 0. The Morgan fingerprint density at radius 3 is 2.58 bits per heavy atom. The molecule has 0 aromatic heterocycles. The highest BCUT2D eigenvalue weighted by molar-refractivity contribution is 5.90. The number of nitrogens with zero attached hydrogens (tertiary/aromatic N) is 1. The van der Waals surface area contributed by atoms with Gasteiger partial charge in [-0.05, 0) is 5.92 Å². The fraction of sp³-hybridized carbons (Fsp3) is 0.750. The van der Waals surface area contributed by atoms with Crippen LogP contribution in [-0.2, 0) is 4.79 Å². The molecule has 4 nitrogen and oxygen atoms in total. The second-order valence-corrected chi connectivity index (χ2v) is 3.38. The predicted octanol–water partition coefficient (Wildman–Crippen LogP) is 0.964. The second-order valence-electron chi connectivity index (χ2n) is 3.38. The highest BCUT2D eigenvalue weighted by Crippen LogP contribution is 2.20. The van der Waals surface area contributed by atoms with E-state index in [4.69, 9.17) is 5.11 Å². The molecule has 0 radical (unpaired) electrons. The Kier molecular flexibility index (Phi) is 2.35. The van der Waals surface area contributed by atoms with Crippen molar-refractivity contribution in [3.63, 3.8) is 0 Å². The molecular formula is C8H13NO3. The lowest BCUT2D eigenvalue weighted by Crippen LogP contribution is -2.40. The summed E-state index contributed by atoms with van der Waals surface area (Å²) in [5, 5.41) is 8.72. The van der Waals surface area contributed by atoms with E-state index >= 15 is 0 Å². The molecule has 0 bridgehead atoms. The number of carboxylic acid groups (broad SMARTS) is 1. The first-order valence-electron chi connectivity index (χ1n) is 4.06. The molecule has 0 aromatic rings. The lowest BCUT2D eigenvalue weighted by atomic mass is 10.0. The molecule has 4 heteroatoms. The fourth-order valence-corrected chi connectivity index (χ4v) is 1.64. The van der Waals surface area contributed by atoms with Crippen molar-refractivity contribution in [3.8, 4) is 0 Å². The van der Waals surface area contributed by atoms with Crippen LogP contribution in [0.3, 0.4) is 0 Å². The number of Topliss-reactive ketones (excluding diaryl/α,β-unsaturated/α-hetero) is 1. The smallest absolute Gasteiger partial charge is 0.407 e. The van der Waals surface area contributed by atoms with Crippen molar-refractivity contribution in [3.05, 3.63) is 0 Å². The largest absolute Gasteiger partial charge is 0.465 e. The van der Waals surface area contributed by atoms with Crippen molar-refractivity contribution in [2.24, 2.45) is 5.92 Å². The Bertz CT molecular complexity index is 212. The van der Waals surface area contributed by atoms with Crippen molar-refractivity contribution in [1.29, 1.82) is 0 Å². The van der Waals surface area contributed by atoms with E-state index in [-0.39, 0.29) is 11.7 Å². The van der Waals surface area contributed by atoms with Gasteiger partial charge in [0.1, 0.15) is 0 Å². The summed E-state index contributed by atoms with van der Waals surface area (Å²) in [6, 6.07) is -0.414. The number of ketones is 1. The molecule has 1 aliphatic rings. The Balaban J connectivity index is 2.77. The van der Waals surface area contributed by atoms with Gasteiger partial charge in [0.05, 0.1) is 6.04 Å². The number of amides is 1. The van der Waals surface area contributed by atoms with Crippen LogP contribution < -0.4 is 0 Å². The van der Waals surface area contributed by atoms with Gasteiger partial charge in [0.2, 0.25) is 0 Å². The van der Waals surface area contributed by atoms with Crippen LogP contribution >= 0.6 is 0 Å². The Hall–Kier alpha value is -1.06. The third-order valence-corrected chi connectivity index (χ3v) is 2.14. The molecule has 1 fully saturated rings. The molecule has 1 rings (SSSR count). The van der Waals surface area contributed by atoms with Gasteiger partial charge in [-0.25, -0.2) is 4.79 Å². The maximum Gasteiger partial charge on any atom is 0.407 e. The number of carbonyl (C=O) groups excluding carboxylic acids is 1. The Morgan fingerprint density at radius 1 is 1.67 bits per heavy atom. The first-order chi connectivity index (χ1) is 5.54. The molecule has 0 unspecified atom stereocenters. The molecule has 0 saturated carbocycles. The van der Waals surface area contributed by atoms with Crippen LogP contribution in [-0.4, -0.2) is 34.5 Å². The fourth-order valence-electron chi connectivity index (χ4n) is 1.64. The van der Waals surface area contributed by atoms with Gasteiger partial charge in [0.15, 0.2) is 5.78 Å². The van der Waals surface area contributed by atoms with Crippen LogP contribution in [0.2, 0.25) is 0 Å². The molecule has 1 heterocycles. The lowest BCUT2D eigenvalue weighted by molar-refractivity contribution is -0.120. The molecule has 1 N–H and O–H groups in total. The highest BCUT2D eigenvalue weighted by atomic mass is 16.4. The number of carbonyl (C=O) groups is 2. The van der Waals surface area contributed by atoms with E-state index in [9.17, 15) is 9.59 Å². The second kappa shape index (κ2) is 3.13. The first-order valence-corrected chi connectivity index (χ1v) is 4.06. The van der Waals surface area contributed by atoms with E-state index < -0.39 is 12.1 Å². The summed E-state index contributed by atoms with van der Waals surface area (Å²) in [4.78, 5) is 23.1. The predicted molar refractivity (Wildman–Crippen MR) is 43.0 cm³/mol. The first kappa shape index (κ1) is 9.03. The van der Waals surface area contributed by atoms with E-state index in [1.54, 1.807) is 0 Å². The van der Waals surface area contributed by atoms with Crippen LogP contribution in [0.25, 0.3) is 0 Å². The van der Waals surface area contributed by atoms with Crippen molar-refractivity contribution in [1.82, 2.24) is 4.90 Å². The van der Waals surface area contributed by atoms with E-state index in [1.165, 1.54) is 4.90 Å². The highest BCUT2D eigenvalue weighted by Gasteiger charge is 2.37. The average Bonchev–Trinajstić information content (AvgIpc) is 2.30. The zero-order chi connectivity index (χ0) is 9.30. The molecule has 1 atom stereocenters. The van der Waals surface area contributed by atoms with E-state index in [0.29, 0.717) is 13.0 Å². The van der Waals surface area contributed by atoms with Crippen LogP contribution in [0, 0.1) is 5.92 Å². The summed E-state index contributed by atoms with van der Waals surface area (Å²) in [6.45, 7) is 4.09. The summed E-state index contributed by atoms with van der Waals surface area (Å²) in [5.74, 6) is 0.128. The molecule has 0 spiro atoms. The summed E-state index contributed by atoms with van der Waals surface area (Å²) in [6.07, 6.45) is -0.616. The van der Waals surface area contributed by atoms with Gasteiger partial charge in [-0.15, -0.1) is 0 Å². The van der Waals surface area contributed by atoms with Gasteiger partial charge in [-0.3, -0.25) is 9.69 Å².